The third-order valence-corrected chi connectivity index (χ3v) is 5.97. The smallest absolute Gasteiger partial charge is 0.311 e. The zero-order valence-electron chi connectivity index (χ0n) is 19.1. The number of nitrogens with zero attached hydrogens (tertiary/aromatic N) is 2. The number of ketones is 1. The fraction of sp³-hybridized carbons (Fsp3) is 0.308. The van der Waals surface area contributed by atoms with Gasteiger partial charge in [0, 0.05) is 29.0 Å². The second-order valence-corrected chi connectivity index (χ2v) is 9.99. The summed E-state index contributed by atoms with van der Waals surface area (Å²) >= 11 is 3.39. The van der Waals surface area contributed by atoms with E-state index in [1.54, 1.807) is 62.7 Å². The first-order chi connectivity index (χ1) is 15.5. The van der Waals surface area contributed by atoms with Gasteiger partial charge in [-0.2, -0.15) is 0 Å². The zero-order valence-corrected chi connectivity index (χ0v) is 20.7. The minimum absolute atomic E-state index is 0.193. The Bertz CT molecular complexity index is 1130. The van der Waals surface area contributed by atoms with Gasteiger partial charge in [-0.05, 0) is 57.5 Å². The van der Waals surface area contributed by atoms with Crippen LogP contribution in [-0.2, 0) is 19.7 Å². The molecule has 0 aliphatic carbocycles. The fourth-order valence-corrected chi connectivity index (χ4v) is 3.92. The molecule has 0 N–H and O–H groups in total. The molecular formula is C26H27BrN2O4. The highest BCUT2D eigenvalue weighted by Gasteiger charge is 2.44. The first kappa shape index (κ1) is 24.6. The minimum Gasteiger partial charge on any atom is -0.460 e. The largest absolute Gasteiger partial charge is 0.460 e. The van der Waals surface area contributed by atoms with Gasteiger partial charge < -0.3 is 9.53 Å². The predicted octanol–water partition coefficient (Wildman–Crippen LogP) is 5.32. The van der Waals surface area contributed by atoms with Crippen LogP contribution in [-0.4, -0.2) is 33.2 Å². The van der Waals surface area contributed by atoms with Crippen LogP contribution in [0.2, 0.25) is 0 Å². The number of hydrogen-bond donors (Lipinski definition) is 0. The first-order valence-electron chi connectivity index (χ1n) is 10.6. The van der Waals surface area contributed by atoms with Crippen LogP contribution in [0.3, 0.4) is 0 Å². The summed E-state index contributed by atoms with van der Waals surface area (Å²) in [6.45, 7) is 6.92. The molecule has 172 valence electrons. The van der Waals surface area contributed by atoms with Crippen molar-refractivity contribution in [1.29, 1.82) is 0 Å². The molecule has 3 rings (SSSR count). The number of ether oxygens (including phenoxy) is 1. The van der Waals surface area contributed by atoms with Crippen LogP contribution in [0.1, 0.15) is 50.3 Å². The molecule has 33 heavy (non-hydrogen) atoms. The van der Waals surface area contributed by atoms with Crippen LogP contribution < -0.4 is 0 Å². The van der Waals surface area contributed by atoms with Gasteiger partial charge in [0.2, 0.25) is 0 Å². The molecule has 6 nitrogen and oxygen atoms in total. The Morgan fingerprint density at radius 1 is 1.06 bits per heavy atom. The number of benzene rings is 2. The van der Waals surface area contributed by atoms with E-state index in [4.69, 9.17) is 4.74 Å². The molecule has 0 radical (unpaired) electrons. The van der Waals surface area contributed by atoms with Gasteiger partial charge >= 0.3 is 5.97 Å². The SMILES string of the molecule is CC(C)(C)OC(=O)[C@H](CC(=O)c1nccn1-c1ccccc1)[C@](C)(C=O)c1ccc(Br)cc1. The maximum absolute atomic E-state index is 13.4. The molecule has 1 heterocycles. The number of rotatable bonds is 8. The van der Waals surface area contributed by atoms with E-state index in [0.29, 0.717) is 5.56 Å². The summed E-state index contributed by atoms with van der Waals surface area (Å²) in [5, 5.41) is 0. The Hall–Kier alpha value is -3.06. The highest BCUT2D eigenvalue weighted by atomic mass is 79.9. The average Bonchev–Trinajstić information content (AvgIpc) is 3.27. The van der Waals surface area contributed by atoms with Gasteiger partial charge in [-0.3, -0.25) is 14.2 Å². The van der Waals surface area contributed by atoms with Crippen molar-refractivity contribution >= 4 is 34.0 Å². The normalized spacial score (nSPS) is 14.2. The number of para-hydroxylation sites is 1. The number of carbonyl (C=O) groups is 3. The van der Waals surface area contributed by atoms with Gasteiger partial charge in [-0.1, -0.05) is 46.3 Å². The van der Waals surface area contributed by atoms with Crippen molar-refractivity contribution in [3.8, 4) is 5.69 Å². The molecule has 0 saturated carbocycles. The van der Waals surface area contributed by atoms with E-state index in [-0.39, 0.29) is 18.0 Å². The third kappa shape index (κ3) is 5.66. The Kier molecular flexibility index (Phi) is 7.32. The number of imidazole rings is 1. The number of aldehydes is 1. The average molecular weight is 511 g/mol. The summed E-state index contributed by atoms with van der Waals surface area (Å²) in [6.07, 6.45) is 3.72. The van der Waals surface area contributed by atoms with E-state index in [2.05, 4.69) is 20.9 Å². The summed E-state index contributed by atoms with van der Waals surface area (Å²) in [5.74, 6) is -1.81. The molecule has 0 spiro atoms. The molecule has 2 atom stereocenters. The molecule has 0 saturated heterocycles. The van der Waals surface area contributed by atoms with Crippen LogP contribution in [0.5, 0.6) is 0 Å². The fourth-order valence-electron chi connectivity index (χ4n) is 3.66. The predicted molar refractivity (Wildman–Crippen MR) is 129 cm³/mol. The van der Waals surface area contributed by atoms with Gasteiger partial charge in [0.05, 0.1) is 11.3 Å². The van der Waals surface area contributed by atoms with E-state index in [1.807, 2.05) is 30.3 Å². The zero-order chi connectivity index (χ0) is 24.2. The molecule has 7 heteroatoms. The van der Waals surface area contributed by atoms with Crippen molar-refractivity contribution in [2.24, 2.45) is 5.92 Å². The van der Waals surface area contributed by atoms with E-state index >= 15 is 0 Å². The molecule has 0 aliphatic rings. The lowest BCUT2D eigenvalue weighted by atomic mass is 9.70. The van der Waals surface area contributed by atoms with Gasteiger partial charge in [-0.15, -0.1) is 0 Å². The standard InChI is InChI=1S/C26H27BrN2O4/c1-25(2,3)33-24(32)21(26(4,17-30)18-10-12-19(27)13-11-18)16-22(31)23-28-14-15-29(23)20-8-6-5-7-9-20/h5-15,17,21H,16H2,1-4H3/t21-,26+/m0/s1. The van der Waals surface area contributed by atoms with Crippen LogP contribution in [0, 0.1) is 5.92 Å². The van der Waals surface area contributed by atoms with Crippen molar-refractivity contribution in [1.82, 2.24) is 9.55 Å². The topological polar surface area (TPSA) is 78.3 Å². The molecule has 3 aromatic rings. The van der Waals surface area contributed by atoms with E-state index < -0.39 is 22.9 Å². The van der Waals surface area contributed by atoms with E-state index in [1.165, 1.54) is 6.20 Å². The Labute approximate surface area is 202 Å². The molecule has 0 amide bonds. The van der Waals surface area contributed by atoms with E-state index in [0.717, 1.165) is 16.4 Å². The van der Waals surface area contributed by atoms with Crippen molar-refractivity contribution in [2.75, 3.05) is 0 Å². The van der Waals surface area contributed by atoms with Crippen LogP contribution in [0.25, 0.3) is 5.69 Å². The number of hydrogen-bond acceptors (Lipinski definition) is 5. The van der Waals surface area contributed by atoms with Crippen LogP contribution in [0.15, 0.2) is 71.5 Å². The highest BCUT2D eigenvalue weighted by Crippen LogP contribution is 2.36. The van der Waals surface area contributed by atoms with Crippen LogP contribution in [0.4, 0.5) is 0 Å². The Morgan fingerprint density at radius 3 is 2.27 bits per heavy atom. The molecule has 2 aromatic carbocycles. The lowest BCUT2D eigenvalue weighted by Crippen LogP contribution is -2.43. The Morgan fingerprint density at radius 2 is 1.70 bits per heavy atom. The van der Waals surface area contributed by atoms with Gasteiger partial charge in [0.25, 0.3) is 0 Å². The van der Waals surface area contributed by atoms with Crippen LogP contribution >= 0.6 is 15.9 Å². The summed E-state index contributed by atoms with van der Waals surface area (Å²) < 4.78 is 8.15. The van der Waals surface area contributed by atoms with Crippen molar-refractivity contribution in [2.45, 2.75) is 45.1 Å². The summed E-state index contributed by atoms with van der Waals surface area (Å²) in [5.41, 5.74) is -0.651. The summed E-state index contributed by atoms with van der Waals surface area (Å²) in [6, 6.07) is 16.5. The monoisotopic (exact) mass is 510 g/mol. The number of aromatic nitrogens is 2. The maximum Gasteiger partial charge on any atom is 0.311 e. The molecular weight excluding hydrogens is 484 g/mol. The van der Waals surface area contributed by atoms with Crippen molar-refractivity contribution in [3.63, 3.8) is 0 Å². The molecule has 1 aromatic heterocycles. The highest BCUT2D eigenvalue weighted by molar-refractivity contribution is 9.10. The number of carbonyl (C=O) groups excluding carboxylic acids is 3. The second-order valence-electron chi connectivity index (χ2n) is 9.08. The quantitative estimate of drug-likeness (QED) is 0.232. The second kappa shape index (κ2) is 9.83. The third-order valence-electron chi connectivity index (χ3n) is 5.44. The molecule has 0 fully saturated rings. The van der Waals surface area contributed by atoms with Crippen molar-refractivity contribution in [3.05, 3.63) is 82.9 Å². The maximum atomic E-state index is 13.4. The molecule has 0 aliphatic heterocycles. The lowest BCUT2D eigenvalue weighted by Gasteiger charge is -2.33. The van der Waals surface area contributed by atoms with Gasteiger partial charge in [0.1, 0.15) is 11.9 Å². The van der Waals surface area contributed by atoms with E-state index in [9.17, 15) is 14.4 Å². The number of halogens is 1. The summed E-state index contributed by atoms with van der Waals surface area (Å²) in [7, 11) is 0. The first-order valence-corrected chi connectivity index (χ1v) is 11.4. The minimum atomic E-state index is -1.27. The number of esters is 1. The van der Waals surface area contributed by atoms with Crippen molar-refractivity contribution < 1.29 is 19.1 Å². The van der Waals surface area contributed by atoms with Gasteiger partial charge in [0.15, 0.2) is 11.6 Å². The summed E-state index contributed by atoms with van der Waals surface area (Å²) in [4.78, 5) is 43.4. The van der Waals surface area contributed by atoms with Gasteiger partial charge in [-0.25, -0.2) is 4.98 Å². The molecule has 0 unspecified atom stereocenters. The lowest BCUT2D eigenvalue weighted by molar-refractivity contribution is -0.163. The molecule has 0 bridgehead atoms. The Balaban J connectivity index is 2.01. The number of Topliss-reactive ketones (excluding diaryl/α,β-unsaturated/α-hetero) is 1.